The number of rotatable bonds is 13. The molecule has 296 valence electrons. The molecule has 55 heavy (non-hydrogen) atoms. The maximum absolute atomic E-state index is 13.0. The van der Waals surface area contributed by atoms with Crippen LogP contribution in [0.15, 0.2) is 84.0 Å². The van der Waals surface area contributed by atoms with Crippen LogP contribution in [0.1, 0.15) is 30.5 Å². The molecule has 3 aliphatic rings. The summed E-state index contributed by atoms with van der Waals surface area (Å²) in [5.74, 6) is -0.509. The SMILES string of the molecule is C/C(=C\c1ccc(O[C@@H]2O[C@H](/C(C)=C/COc3ccc(CN(C)Cc4ccccc4)cc3Cl)[C@@H](O)[C@@H]2O)c(O)c1)C(=O)N[C@@H]1[C@H](O)[C@@H](O)[C@H]2OCO[C@H]2[C@@H]1O. The fourth-order valence-corrected chi connectivity index (χ4v) is 7.16. The molecular formula is C40H47ClN2O12. The predicted octanol–water partition coefficient (Wildman–Crippen LogP) is 2.25. The predicted molar refractivity (Wildman–Crippen MR) is 200 cm³/mol. The highest BCUT2D eigenvalue weighted by atomic mass is 35.5. The van der Waals surface area contributed by atoms with Crippen LogP contribution in [-0.2, 0) is 32.1 Å². The summed E-state index contributed by atoms with van der Waals surface area (Å²) < 4.78 is 28.0. The standard InChI is InChI=1S/C40H47ClN2O12/c1-21(13-14-51-28-11-10-25(16-26(28)41)19-43(3)18-23-7-5-4-6-8-23)36-34(48)35(49)40(55-36)54-29-12-9-24(17-27(29)44)15-22(2)39(50)42-30-31(45)33(47)38-37(32(30)46)52-20-53-38/h4-13,15-17,30-38,40,44-49H,14,18-20H2,1-3H3,(H,42,50)/b21-13+,22-15+/t30-,31+,32-,33-,34+,35+,36-,37+,38-,40-/m1/s1. The summed E-state index contributed by atoms with van der Waals surface area (Å²) in [7, 11) is 2.04. The highest BCUT2D eigenvalue weighted by Gasteiger charge is 2.53. The zero-order valence-electron chi connectivity index (χ0n) is 30.6. The van der Waals surface area contributed by atoms with Crippen molar-refractivity contribution >= 4 is 23.6 Å². The van der Waals surface area contributed by atoms with Gasteiger partial charge in [-0.05, 0) is 79.6 Å². The van der Waals surface area contributed by atoms with E-state index in [0.29, 0.717) is 28.5 Å². The minimum absolute atomic E-state index is 0.0405. The summed E-state index contributed by atoms with van der Waals surface area (Å²) in [6.07, 6.45) is -7.87. The van der Waals surface area contributed by atoms with Gasteiger partial charge < -0.3 is 59.6 Å². The van der Waals surface area contributed by atoms with Crippen LogP contribution in [0.3, 0.4) is 0 Å². The Bertz CT molecular complexity index is 1860. The van der Waals surface area contributed by atoms with Gasteiger partial charge in [0, 0.05) is 18.7 Å². The summed E-state index contributed by atoms with van der Waals surface area (Å²) in [5.41, 5.74) is 3.41. The van der Waals surface area contributed by atoms with Gasteiger partial charge in [-0.3, -0.25) is 9.69 Å². The maximum Gasteiger partial charge on any atom is 0.247 e. The quantitative estimate of drug-likeness (QED) is 0.0986. The summed E-state index contributed by atoms with van der Waals surface area (Å²) in [6, 6.07) is 18.9. The van der Waals surface area contributed by atoms with Crippen LogP contribution in [0, 0.1) is 0 Å². The van der Waals surface area contributed by atoms with Crippen molar-refractivity contribution in [3.05, 3.63) is 106 Å². The largest absolute Gasteiger partial charge is 0.504 e. The monoisotopic (exact) mass is 782 g/mol. The molecule has 2 aliphatic heterocycles. The zero-order chi connectivity index (χ0) is 39.4. The molecule has 1 aliphatic carbocycles. The van der Waals surface area contributed by atoms with Gasteiger partial charge in [-0.25, -0.2) is 0 Å². The van der Waals surface area contributed by atoms with Gasteiger partial charge in [0.25, 0.3) is 0 Å². The lowest BCUT2D eigenvalue weighted by Crippen LogP contribution is -2.67. The molecule has 0 spiro atoms. The first-order valence-electron chi connectivity index (χ1n) is 17.9. The number of nitrogens with zero attached hydrogens (tertiary/aromatic N) is 1. The van der Waals surface area contributed by atoms with Gasteiger partial charge in [-0.15, -0.1) is 0 Å². The molecule has 1 amide bonds. The minimum Gasteiger partial charge on any atom is -0.504 e. The molecule has 15 heteroatoms. The average Bonchev–Trinajstić information content (AvgIpc) is 3.76. The third-order valence-electron chi connectivity index (χ3n) is 9.93. The van der Waals surface area contributed by atoms with Crippen LogP contribution in [-0.4, -0.2) is 123 Å². The van der Waals surface area contributed by atoms with Gasteiger partial charge in [0.15, 0.2) is 11.5 Å². The Morgan fingerprint density at radius 3 is 2.27 bits per heavy atom. The van der Waals surface area contributed by atoms with E-state index in [4.69, 9.17) is 35.3 Å². The van der Waals surface area contributed by atoms with E-state index in [2.05, 4.69) is 22.3 Å². The maximum atomic E-state index is 13.0. The van der Waals surface area contributed by atoms with E-state index < -0.39 is 67.1 Å². The first-order valence-corrected chi connectivity index (χ1v) is 18.3. The summed E-state index contributed by atoms with van der Waals surface area (Å²) >= 11 is 6.53. The summed E-state index contributed by atoms with van der Waals surface area (Å²) in [4.78, 5) is 15.1. The van der Waals surface area contributed by atoms with Gasteiger partial charge in [-0.2, -0.15) is 0 Å². The molecule has 7 N–H and O–H groups in total. The highest BCUT2D eigenvalue weighted by Crippen LogP contribution is 2.34. The lowest BCUT2D eigenvalue weighted by molar-refractivity contribution is -0.155. The number of phenols is 1. The van der Waals surface area contributed by atoms with Crippen LogP contribution in [0.5, 0.6) is 17.2 Å². The number of ether oxygens (including phenoxy) is 5. The van der Waals surface area contributed by atoms with Gasteiger partial charge in [0.05, 0.1) is 11.1 Å². The van der Waals surface area contributed by atoms with Crippen LogP contribution in [0.2, 0.25) is 5.02 Å². The van der Waals surface area contributed by atoms with Gasteiger partial charge in [0.1, 0.15) is 68.0 Å². The van der Waals surface area contributed by atoms with Crippen molar-refractivity contribution in [3.8, 4) is 17.2 Å². The number of carbonyl (C=O) groups excluding carboxylic acids is 1. The Hall–Kier alpha value is -4.06. The van der Waals surface area contributed by atoms with Crippen molar-refractivity contribution in [3.63, 3.8) is 0 Å². The number of aliphatic hydroxyl groups is 5. The molecule has 10 atom stereocenters. The Labute approximate surface area is 323 Å². The first-order chi connectivity index (χ1) is 26.3. The Morgan fingerprint density at radius 1 is 0.873 bits per heavy atom. The molecule has 14 nitrogen and oxygen atoms in total. The zero-order valence-corrected chi connectivity index (χ0v) is 31.3. The number of hydrogen-bond acceptors (Lipinski definition) is 13. The molecule has 0 bridgehead atoms. The molecule has 2 saturated heterocycles. The number of hydrogen-bond donors (Lipinski definition) is 7. The van der Waals surface area contributed by atoms with E-state index in [1.807, 2.05) is 43.4 Å². The van der Waals surface area contributed by atoms with E-state index in [0.717, 1.165) is 12.1 Å². The van der Waals surface area contributed by atoms with Crippen molar-refractivity contribution < 1.29 is 59.1 Å². The third-order valence-corrected chi connectivity index (χ3v) is 10.2. The first kappa shape index (κ1) is 40.6. The molecule has 0 unspecified atom stereocenters. The molecule has 3 fully saturated rings. The van der Waals surface area contributed by atoms with Crippen LogP contribution < -0.4 is 14.8 Å². The second kappa shape index (κ2) is 17.8. The average molecular weight is 783 g/mol. The number of aliphatic hydroxyl groups excluding tert-OH is 5. The molecule has 1 saturated carbocycles. The Balaban J connectivity index is 1.00. The molecule has 2 heterocycles. The van der Waals surface area contributed by atoms with E-state index >= 15 is 0 Å². The van der Waals surface area contributed by atoms with Crippen LogP contribution in [0.4, 0.5) is 0 Å². The van der Waals surface area contributed by atoms with Crippen LogP contribution in [0.25, 0.3) is 6.08 Å². The van der Waals surface area contributed by atoms with E-state index in [-0.39, 0.29) is 30.5 Å². The van der Waals surface area contributed by atoms with E-state index in [1.165, 1.54) is 30.7 Å². The molecule has 3 aromatic rings. The smallest absolute Gasteiger partial charge is 0.247 e. The minimum atomic E-state index is -1.50. The number of carbonyl (C=O) groups is 1. The number of amides is 1. The number of benzene rings is 3. The number of halogens is 1. The second-order valence-electron chi connectivity index (χ2n) is 14.1. The molecular weight excluding hydrogens is 736 g/mol. The van der Waals surface area contributed by atoms with Gasteiger partial charge in [-0.1, -0.05) is 54.1 Å². The van der Waals surface area contributed by atoms with E-state index in [1.54, 1.807) is 19.1 Å². The van der Waals surface area contributed by atoms with Crippen molar-refractivity contribution in [2.24, 2.45) is 0 Å². The molecule has 0 aromatic heterocycles. The third kappa shape index (κ3) is 9.50. The van der Waals surface area contributed by atoms with Gasteiger partial charge in [0.2, 0.25) is 12.2 Å². The highest BCUT2D eigenvalue weighted by molar-refractivity contribution is 6.32. The van der Waals surface area contributed by atoms with Crippen molar-refractivity contribution in [2.45, 2.75) is 88.1 Å². The Morgan fingerprint density at radius 2 is 1.56 bits per heavy atom. The lowest BCUT2D eigenvalue weighted by atomic mass is 9.83. The number of aromatic hydroxyl groups is 1. The van der Waals surface area contributed by atoms with Crippen molar-refractivity contribution in [2.75, 3.05) is 20.4 Å². The lowest BCUT2D eigenvalue weighted by Gasteiger charge is -2.41. The molecule has 0 radical (unpaired) electrons. The fourth-order valence-electron chi connectivity index (χ4n) is 6.91. The number of fused-ring (bicyclic) bond motifs is 1. The summed E-state index contributed by atoms with van der Waals surface area (Å²) in [6.45, 7) is 4.69. The van der Waals surface area contributed by atoms with E-state index in [9.17, 15) is 35.4 Å². The topological polar surface area (TPSA) is 200 Å². The van der Waals surface area contributed by atoms with Crippen LogP contribution >= 0.6 is 11.6 Å². The van der Waals surface area contributed by atoms with Gasteiger partial charge >= 0.3 is 0 Å². The van der Waals surface area contributed by atoms with Crippen molar-refractivity contribution in [1.82, 2.24) is 10.2 Å². The molecule has 6 rings (SSSR count). The summed E-state index contributed by atoms with van der Waals surface area (Å²) in [5, 5.41) is 66.8. The second-order valence-corrected chi connectivity index (χ2v) is 14.5. The van der Waals surface area contributed by atoms with Crippen molar-refractivity contribution in [1.29, 1.82) is 0 Å². The number of phenolic OH excluding ortho intramolecular Hbond substituents is 1. The fraction of sp³-hybridized carbons (Fsp3) is 0.425. The molecule has 3 aromatic carbocycles. The normalized spacial score (nSPS) is 29.6. The Kier molecular flexibility index (Phi) is 13.2. The number of nitrogens with one attached hydrogen (secondary N) is 1.